The molecule has 1 aromatic rings. The molecule has 2 nitrogen and oxygen atoms in total. The van der Waals surface area contributed by atoms with Gasteiger partial charge >= 0.3 is 0 Å². The van der Waals surface area contributed by atoms with Crippen LogP contribution < -0.4 is 0 Å². The maximum Gasteiger partial charge on any atom is 0.101 e. The molecule has 1 rings (SSSR count). The molecule has 0 heterocycles. The quantitative estimate of drug-likeness (QED) is 0.623. The minimum Gasteiger partial charge on any atom is -0.192 e. The first-order valence-corrected chi connectivity index (χ1v) is 4.03. The summed E-state index contributed by atoms with van der Waals surface area (Å²) < 4.78 is 0. The van der Waals surface area contributed by atoms with E-state index in [0.29, 0.717) is 11.1 Å². The molecule has 0 N–H and O–H groups in total. The Morgan fingerprint density at radius 3 is 2.29 bits per heavy atom. The smallest absolute Gasteiger partial charge is 0.101 e. The van der Waals surface area contributed by atoms with Gasteiger partial charge in [0.1, 0.15) is 12.1 Å². The maximum atomic E-state index is 8.78. The zero-order valence-corrected chi connectivity index (χ0v) is 7.83. The number of aryl methyl sites for hydroxylation is 1. The summed E-state index contributed by atoms with van der Waals surface area (Å²) in [5.74, 6) is 0. The second-order valence-corrected chi connectivity index (χ2v) is 2.83. The summed E-state index contributed by atoms with van der Waals surface area (Å²) in [6.45, 7) is 5.35. The van der Waals surface area contributed by atoms with E-state index in [-0.39, 0.29) is 0 Å². The van der Waals surface area contributed by atoms with E-state index in [9.17, 15) is 0 Å². The first kappa shape index (κ1) is 9.81. The zero-order valence-electron chi connectivity index (χ0n) is 7.83. The molecular weight excluding hydrogens is 172 g/mol. The SMILES string of the molecule is C=C=Cc1cc(C#N)c(C#N)cc1C. The molecule has 66 valence electrons. The molecule has 0 aliphatic heterocycles. The highest BCUT2D eigenvalue weighted by Crippen LogP contribution is 2.16. The minimum absolute atomic E-state index is 0.389. The highest BCUT2D eigenvalue weighted by molar-refractivity contribution is 5.60. The maximum absolute atomic E-state index is 8.78. The lowest BCUT2D eigenvalue weighted by Crippen LogP contribution is -1.89. The number of nitriles is 2. The van der Waals surface area contributed by atoms with Gasteiger partial charge in [0.2, 0.25) is 0 Å². The third-order valence-corrected chi connectivity index (χ3v) is 1.90. The lowest BCUT2D eigenvalue weighted by molar-refractivity contribution is 1.37. The van der Waals surface area contributed by atoms with E-state index >= 15 is 0 Å². The molecule has 1 aromatic carbocycles. The van der Waals surface area contributed by atoms with Crippen molar-refractivity contribution < 1.29 is 0 Å². The fourth-order valence-electron chi connectivity index (χ4n) is 1.18. The van der Waals surface area contributed by atoms with Gasteiger partial charge < -0.3 is 0 Å². The molecule has 2 heteroatoms. The van der Waals surface area contributed by atoms with E-state index in [2.05, 4.69) is 12.3 Å². The van der Waals surface area contributed by atoms with E-state index < -0.39 is 0 Å². The van der Waals surface area contributed by atoms with Crippen LogP contribution in [0.4, 0.5) is 0 Å². The summed E-state index contributed by atoms with van der Waals surface area (Å²) in [5.41, 5.74) is 5.26. The summed E-state index contributed by atoms with van der Waals surface area (Å²) >= 11 is 0. The van der Waals surface area contributed by atoms with Crippen molar-refractivity contribution in [2.24, 2.45) is 0 Å². The van der Waals surface area contributed by atoms with Crippen LogP contribution in [0.25, 0.3) is 6.08 Å². The van der Waals surface area contributed by atoms with E-state index in [1.165, 1.54) is 0 Å². The zero-order chi connectivity index (χ0) is 10.6. The van der Waals surface area contributed by atoms with Crippen molar-refractivity contribution in [3.63, 3.8) is 0 Å². The highest BCUT2D eigenvalue weighted by Gasteiger charge is 2.04. The topological polar surface area (TPSA) is 47.6 Å². The van der Waals surface area contributed by atoms with Crippen molar-refractivity contribution in [1.82, 2.24) is 0 Å². The van der Waals surface area contributed by atoms with Crippen LogP contribution in [-0.2, 0) is 0 Å². The predicted octanol–water partition coefficient (Wildman–Crippen LogP) is 2.54. The van der Waals surface area contributed by atoms with Gasteiger partial charge in [-0.15, -0.1) is 5.73 Å². The van der Waals surface area contributed by atoms with Gasteiger partial charge in [0.25, 0.3) is 0 Å². The number of hydrogen-bond donors (Lipinski definition) is 0. The molecule has 0 fully saturated rings. The van der Waals surface area contributed by atoms with E-state index in [0.717, 1.165) is 11.1 Å². The van der Waals surface area contributed by atoms with Gasteiger partial charge in [-0.2, -0.15) is 10.5 Å². The second-order valence-electron chi connectivity index (χ2n) is 2.83. The molecule has 0 saturated carbocycles. The van der Waals surface area contributed by atoms with Crippen molar-refractivity contribution in [2.45, 2.75) is 6.92 Å². The molecule has 0 radical (unpaired) electrons. The van der Waals surface area contributed by atoms with Crippen LogP contribution in [0.1, 0.15) is 22.3 Å². The minimum atomic E-state index is 0.389. The number of rotatable bonds is 1. The molecule has 0 aliphatic carbocycles. The van der Waals surface area contributed by atoms with Gasteiger partial charge in [-0.05, 0) is 36.3 Å². The molecule has 0 aliphatic rings. The number of hydrogen-bond acceptors (Lipinski definition) is 2. The Bertz CT molecular complexity index is 492. The standard InChI is InChI=1S/C12H8N2/c1-3-4-10-6-12(8-14)11(7-13)5-9(10)2/h4-6H,1H2,2H3. The normalized spacial score (nSPS) is 8.21. The van der Waals surface area contributed by atoms with E-state index in [1.54, 1.807) is 18.2 Å². The summed E-state index contributed by atoms with van der Waals surface area (Å²) in [7, 11) is 0. The summed E-state index contributed by atoms with van der Waals surface area (Å²) in [5, 5.41) is 17.5. The van der Waals surface area contributed by atoms with Crippen LogP contribution in [0.15, 0.2) is 24.4 Å². The van der Waals surface area contributed by atoms with Crippen LogP contribution in [0.3, 0.4) is 0 Å². The van der Waals surface area contributed by atoms with Crippen molar-refractivity contribution in [1.29, 1.82) is 10.5 Å². The van der Waals surface area contributed by atoms with Crippen LogP contribution in [-0.4, -0.2) is 0 Å². The first-order valence-electron chi connectivity index (χ1n) is 4.03. The lowest BCUT2D eigenvalue weighted by Gasteiger charge is -2.01. The van der Waals surface area contributed by atoms with Gasteiger partial charge in [-0.1, -0.05) is 6.58 Å². The van der Waals surface area contributed by atoms with E-state index in [4.69, 9.17) is 10.5 Å². The molecule has 0 aromatic heterocycles. The first-order chi connectivity index (χ1) is 6.72. The number of benzene rings is 1. The van der Waals surface area contributed by atoms with Crippen LogP contribution in [0, 0.1) is 29.6 Å². The van der Waals surface area contributed by atoms with Crippen molar-refractivity contribution in [2.75, 3.05) is 0 Å². The molecule has 0 atom stereocenters. The van der Waals surface area contributed by atoms with Crippen LogP contribution >= 0.6 is 0 Å². The number of nitrogens with zero attached hydrogens (tertiary/aromatic N) is 2. The second kappa shape index (κ2) is 4.10. The largest absolute Gasteiger partial charge is 0.192 e. The van der Waals surface area contributed by atoms with Crippen molar-refractivity contribution >= 4 is 6.08 Å². The highest BCUT2D eigenvalue weighted by atomic mass is 14.3. The monoisotopic (exact) mass is 180 g/mol. The summed E-state index contributed by atoms with van der Waals surface area (Å²) in [6.07, 6.45) is 1.69. The Morgan fingerprint density at radius 1 is 1.21 bits per heavy atom. The van der Waals surface area contributed by atoms with Gasteiger partial charge in [-0.3, -0.25) is 0 Å². The molecule has 0 unspecified atom stereocenters. The van der Waals surface area contributed by atoms with Gasteiger partial charge in [0.05, 0.1) is 11.1 Å². The van der Waals surface area contributed by atoms with Gasteiger partial charge in [-0.25, -0.2) is 0 Å². The molecule has 0 saturated heterocycles. The van der Waals surface area contributed by atoms with Gasteiger partial charge in [0.15, 0.2) is 0 Å². The lowest BCUT2D eigenvalue weighted by atomic mass is 10.0. The molecule has 0 bridgehead atoms. The molecule has 0 spiro atoms. The third-order valence-electron chi connectivity index (χ3n) is 1.90. The third kappa shape index (κ3) is 1.72. The Morgan fingerprint density at radius 2 is 1.79 bits per heavy atom. The summed E-state index contributed by atoms with van der Waals surface area (Å²) in [4.78, 5) is 0. The fourth-order valence-corrected chi connectivity index (χ4v) is 1.18. The van der Waals surface area contributed by atoms with Crippen molar-refractivity contribution in [3.05, 3.63) is 46.7 Å². The Labute approximate surface area is 83.0 Å². The average molecular weight is 180 g/mol. The Kier molecular flexibility index (Phi) is 2.87. The van der Waals surface area contributed by atoms with Crippen LogP contribution in [0.2, 0.25) is 0 Å². The molecule has 14 heavy (non-hydrogen) atoms. The fraction of sp³-hybridized carbons (Fsp3) is 0.0833. The van der Waals surface area contributed by atoms with Crippen LogP contribution in [0.5, 0.6) is 0 Å². The summed E-state index contributed by atoms with van der Waals surface area (Å²) in [6, 6.07) is 7.33. The van der Waals surface area contributed by atoms with Gasteiger partial charge in [0, 0.05) is 0 Å². The average Bonchev–Trinajstić information content (AvgIpc) is 2.20. The Hall–Kier alpha value is -2.28. The predicted molar refractivity (Wildman–Crippen MR) is 54.2 cm³/mol. The van der Waals surface area contributed by atoms with E-state index in [1.807, 2.05) is 19.1 Å². The molecular formula is C12H8N2. The van der Waals surface area contributed by atoms with Crippen molar-refractivity contribution in [3.8, 4) is 12.1 Å². The Balaban J connectivity index is 3.49. The molecule has 0 amide bonds.